The fraction of sp³-hybridized carbons (Fsp3) is 0.333. The zero-order valence-electron chi connectivity index (χ0n) is 15.4. The number of aliphatic hydroxyl groups excluding tert-OH is 1. The lowest BCUT2D eigenvalue weighted by Crippen LogP contribution is -2.27. The van der Waals surface area contributed by atoms with Crippen molar-refractivity contribution in [2.45, 2.75) is 4.90 Å². The lowest BCUT2D eigenvalue weighted by Gasteiger charge is -2.11. The molecule has 0 radical (unpaired) electrons. The summed E-state index contributed by atoms with van der Waals surface area (Å²) in [5.74, 6) is 0. The Labute approximate surface area is 159 Å². The molecular formula is C18H24N4O4S. The highest BCUT2D eigenvalue weighted by Gasteiger charge is 2.12. The first-order valence-corrected chi connectivity index (χ1v) is 9.88. The standard InChI is InChI=1S/C18H24N4O4S/c1-22(2)17-7-3-15(4-8-17)20-21-16-5-9-18(10-6-16)27(24,25)19-11-13-26-14-12-23/h3-10,19,23H,11-14H2,1-2H3. The molecule has 2 aromatic carbocycles. The summed E-state index contributed by atoms with van der Waals surface area (Å²) >= 11 is 0. The highest BCUT2D eigenvalue weighted by atomic mass is 32.2. The van der Waals surface area contributed by atoms with Gasteiger partial charge in [0.15, 0.2) is 0 Å². The van der Waals surface area contributed by atoms with Gasteiger partial charge in [0.2, 0.25) is 10.0 Å². The average molecular weight is 392 g/mol. The third-order valence-electron chi connectivity index (χ3n) is 3.57. The lowest BCUT2D eigenvalue weighted by molar-refractivity contribution is 0.0961. The summed E-state index contributed by atoms with van der Waals surface area (Å²) < 4.78 is 31.8. The van der Waals surface area contributed by atoms with Crippen molar-refractivity contribution < 1.29 is 18.3 Å². The van der Waals surface area contributed by atoms with Crippen LogP contribution in [0.25, 0.3) is 0 Å². The number of aliphatic hydroxyl groups is 1. The highest BCUT2D eigenvalue weighted by Crippen LogP contribution is 2.22. The molecule has 0 fully saturated rings. The van der Waals surface area contributed by atoms with E-state index in [1.165, 1.54) is 12.1 Å². The van der Waals surface area contributed by atoms with Gasteiger partial charge in [0.05, 0.1) is 36.1 Å². The Kier molecular flexibility index (Phi) is 7.86. The van der Waals surface area contributed by atoms with Crippen LogP contribution in [-0.4, -0.2) is 54.0 Å². The second-order valence-electron chi connectivity index (χ2n) is 5.84. The summed E-state index contributed by atoms with van der Waals surface area (Å²) in [7, 11) is 0.309. The van der Waals surface area contributed by atoms with Gasteiger partial charge in [-0.1, -0.05) is 0 Å². The van der Waals surface area contributed by atoms with Crippen LogP contribution in [0.1, 0.15) is 0 Å². The Balaban J connectivity index is 1.95. The molecule has 8 nitrogen and oxygen atoms in total. The van der Waals surface area contributed by atoms with Gasteiger partial charge in [0, 0.05) is 26.3 Å². The predicted octanol–water partition coefficient (Wildman–Crippen LogP) is 2.46. The van der Waals surface area contributed by atoms with Crippen LogP contribution in [-0.2, 0) is 14.8 Å². The van der Waals surface area contributed by atoms with Crippen LogP contribution in [0.2, 0.25) is 0 Å². The first-order chi connectivity index (χ1) is 12.9. The third-order valence-corrected chi connectivity index (χ3v) is 5.05. The van der Waals surface area contributed by atoms with E-state index in [1.807, 2.05) is 43.3 Å². The molecule has 0 saturated carbocycles. The number of sulfonamides is 1. The van der Waals surface area contributed by atoms with Crippen molar-refractivity contribution >= 4 is 27.1 Å². The molecule has 2 aromatic rings. The van der Waals surface area contributed by atoms with Crippen LogP contribution in [0.5, 0.6) is 0 Å². The van der Waals surface area contributed by atoms with Crippen molar-refractivity contribution in [3.8, 4) is 0 Å². The van der Waals surface area contributed by atoms with Crippen LogP contribution in [0.4, 0.5) is 17.1 Å². The fourth-order valence-corrected chi connectivity index (χ4v) is 3.14. The molecule has 2 rings (SSSR count). The molecule has 0 aliphatic rings. The quantitative estimate of drug-likeness (QED) is 0.477. The van der Waals surface area contributed by atoms with E-state index >= 15 is 0 Å². The van der Waals surface area contributed by atoms with Gasteiger partial charge in [-0.05, 0) is 48.5 Å². The summed E-state index contributed by atoms with van der Waals surface area (Å²) in [6.07, 6.45) is 0. The fourth-order valence-electron chi connectivity index (χ4n) is 2.12. The molecule has 0 bridgehead atoms. The Hall–Kier alpha value is -2.33. The zero-order chi connectivity index (χ0) is 19.7. The number of hydrogen-bond acceptors (Lipinski definition) is 7. The first-order valence-electron chi connectivity index (χ1n) is 8.40. The highest BCUT2D eigenvalue weighted by molar-refractivity contribution is 7.89. The summed E-state index contributed by atoms with van der Waals surface area (Å²) in [6.45, 7) is 0.410. The monoisotopic (exact) mass is 392 g/mol. The van der Waals surface area contributed by atoms with E-state index < -0.39 is 10.0 Å². The molecular weight excluding hydrogens is 368 g/mol. The van der Waals surface area contributed by atoms with Gasteiger partial charge in [-0.15, -0.1) is 0 Å². The Morgan fingerprint density at radius 2 is 1.52 bits per heavy atom. The average Bonchev–Trinajstić information content (AvgIpc) is 2.67. The topological polar surface area (TPSA) is 104 Å². The minimum absolute atomic E-state index is 0.0947. The van der Waals surface area contributed by atoms with Crippen molar-refractivity contribution in [3.63, 3.8) is 0 Å². The van der Waals surface area contributed by atoms with Crippen LogP contribution < -0.4 is 9.62 Å². The molecule has 0 heterocycles. The summed E-state index contributed by atoms with van der Waals surface area (Å²) in [6, 6.07) is 13.7. The van der Waals surface area contributed by atoms with Crippen molar-refractivity contribution in [2.24, 2.45) is 10.2 Å². The Bertz CT molecular complexity index is 835. The van der Waals surface area contributed by atoms with E-state index in [4.69, 9.17) is 9.84 Å². The molecule has 146 valence electrons. The molecule has 0 aliphatic heterocycles. The zero-order valence-corrected chi connectivity index (χ0v) is 16.2. The number of benzene rings is 2. The summed E-state index contributed by atoms with van der Waals surface area (Å²) in [4.78, 5) is 2.13. The van der Waals surface area contributed by atoms with E-state index in [9.17, 15) is 8.42 Å². The molecule has 2 N–H and O–H groups in total. The molecule has 9 heteroatoms. The number of anilines is 1. The number of ether oxygens (including phenoxy) is 1. The maximum Gasteiger partial charge on any atom is 0.240 e. The van der Waals surface area contributed by atoms with Gasteiger partial charge in [-0.3, -0.25) is 0 Å². The van der Waals surface area contributed by atoms with E-state index in [1.54, 1.807) is 12.1 Å². The maximum atomic E-state index is 12.2. The second-order valence-corrected chi connectivity index (χ2v) is 7.61. The summed E-state index contributed by atoms with van der Waals surface area (Å²) in [5.41, 5.74) is 2.33. The first kappa shape index (κ1) is 21.0. The van der Waals surface area contributed by atoms with Gasteiger partial charge >= 0.3 is 0 Å². The smallest absolute Gasteiger partial charge is 0.240 e. The Morgan fingerprint density at radius 3 is 2.04 bits per heavy atom. The number of azo groups is 1. The van der Waals surface area contributed by atoms with Gasteiger partial charge in [-0.2, -0.15) is 10.2 Å². The van der Waals surface area contributed by atoms with Crippen molar-refractivity contribution in [2.75, 3.05) is 45.4 Å². The minimum atomic E-state index is -3.61. The van der Waals surface area contributed by atoms with E-state index in [0.29, 0.717) is 11.4 Å². The lowest BCUT2D eigenvalue weighted by atomic mass is 10.3. The van der Waals surface area contributed by atoms with Crippen molar-refractivity contribution in [3.05, 3.63) is 48.5 Å². The van der Waals surface area contributed by atoms with E-state index in [0.717, 1.165) is 5.69 Å². The minimum Gasteiger partial charge on any atom is -0.394 e. The molecule has 0 amide bonds. The number of hydrogen-bond donors (Lipinski definition) is 2. The Morgan fingerprint density at radius 1 is 0.963 bits per heavy atom. The molecule has 0 unspecified atom stereocenters. The predicted molar refractivity (Wildman–Crippen MR) is 104 cm³/mol. The third kappa shape index (κ3) is 6.72. The molecule has 0 spiro atoms. The van der Waals surface area contributed by atoms with E-state index in [-0.39, 0.29) is 31.3 Å². The van der Waals surface area contributed by atoms with Crippen molar-refractivity contribution in [1.82, 2.24) is 4.72 Å². The SMILES string of the molecule is CN(C)c1ccc(N=Nc2ccc(S(=O)(=O)NCCOCCO)cc2)cc1. The maximum absolute atomic E-state index is 12.2. The number of rotatable bonds is 10. The number of nitrogens with zero attached hydrogens (tertiary/aromatic N) is 3. The van der Waals surface area contributed by atoms with Crippen LogP contribution in [0, 0.1) is 0 Å². The van der Waals surface area contributed by atoms with Crippen LogP contribution in [0.3, 0.4) is 0 Å². The van der Waals surface area contributed by atoms with Crippen LogP contribution in [0.15, 0.2) is 63.7 Å². The number of nitrogens with one attached hydrogen (secondary N) is 1. The molecule has 0 saturated heterocycles. The van der Waals surface area contributed by atoms with Gasteiger partial charge < -0.3 is 14.7 Å². The van der Waals surface area contributed by atoms with Crippen molar-refractivity contribution in [1.29, 1.82) is 0 Å². The van der Waals surface area contributed by atoms with Gasteiger partial charge in [0.1, 0.15) is 0 Å². The van der Waals surface area contributed by atoms with Crippen LogP contribution >= 0.6 is 0 Å². The molecule has 0 aliphatic carbocycles. The largest absolute Gasteiger partial charge is 0.394 e. The second kappa shape index (κ2) is 10.1. The normalized spacial score (nSPS) is 11.8. The molecule has 0 atom stereocenters. The molecule has 0 aromatic heterocycles. The van der Waals surface area contributed by atoms with E-state index in [2.05, 4.69) is 15.0 Å². The van der Waals surface area contributed by atoms with Gasteiger partial charge in [0.25, 0.3) is 0 Å². The molecule has 27 heavy (non-hydrogen) atoms. The summed E-state index contributed by atoms with van der Waals surface area (Å²) in [5, 5.41) is 16.9. The van der Waals surface area contributed by atoms with Gasteiger partial charge in [-0.25, -0.2) is 13.1 Å².